The molecule has 0 amide bonds. The van der Waals surface area contributed by atoms with Gasteiger partial charge in [-0.3, -0.25) is 4.31 Å². The lowest BCUT2D eigenvalue weighted by Gasteiger charge is -2.30. The van der Waals surface area contributed by atoms with E-state index in [-0.39, 0.29) is 23.6 Å². The van der Waals surface area contributed by atoms with Gasteiger partial charge in [-0.15, -0.1) is 0 Å². The predicted molar refractivity (Wildman–Crippen MR) is 99.0 cm³/mol. The Morgan fingerprint density at radius 2 is 1.96 bits per heavy atom. The monoisotopic (exact) mass is 412 g/mol. The molecule has 1 saturated heterocycles. The van der Waals surface area contributed by atoms with Crippen LogP contribution < -0.4 is 4.31 Å². The largest absolute Gasteiger partial charge is 0.417 e. The molecule has 3 fully saturated rings. The third-order valence-corrected chi connectivity index (χ3v) is 9.22. The number of hydrogen-bond donors (Lipinski definition) is 0. The minimum atomic E-state index is -4.71. The van der Waals surface area contributed by atoms with Crippen molar-refractivity contribution in [1.82, 2.24) is 0 Å². The van der Waals surface area contributed by atoms with Crippen LogP contribution in [0.1, 0.15) is 56.6 Å². The number of unbranched alkanes of at least 4 members (excludes halogenated alkanes) is 1. The molecule has 0 aromatic heterocycles. The molecular formula is C20H23F3N2O2S. The normalized spacial score (nSPS) is 33.1. The maximum atomic E-state index is 13.4. The van der Waals surface area contributed by atoms with Crippen LogP contribution in [-0.4, -0.2) is 19.7 Å². The molecule has 4 nitrogen and oxygen atoms in total. The number of rotatable bonds is 4. The predicted octanol–water partition coefficient (Wildman–Crippen LogP) is 4.70. The molecule has 8 heteroatoms. The average Bonchev–Trinajstić information content (AvgIpc) is 3.30. The van der Waals surface area contributed by atoms with E-state index >= 15 is 0 Å². The molecule has 1 aromatic carbocycles. The van der Waals surface area contributed by atoms with E-state index in [4.69, 9.17) is 5.26 Å². The molecule has 2 bridgehead atoms. The number of fused-ring (bicyclic) bond motifs is 5. The van der Waals surface area contributed by atoms with Crippen molar-refractivity contribution < 1.29 is 21.6 Å². The van der Waals surface area contributed by atoms with Crippen LogP contribution in [0.3, 0.4) is 0 Å². The highest BCUT2D eigenvalue weighted by Crippen LogP contribution is 2.59. The van der Waals surface area contributed by atoms with Crippen molar-refractivity contribution in [2.45, 2.75) is 62.9 Å². The summed E-state index contributed by atoms with van der Waals surface area (Å²) in [6, 6.07) is 4.56. The zero-order chi connectivity index (χ0) is 20.3. The number of anilines is 1. The van der Waals surface area contributed by atoms with Gasteiger partial charge in [-0.25, -0.2) is 8.42 Å². The van der Waals surface area contributed by atoms with Crippen LogP contribution in [0.5, 0.6) is 0 Å². The van der Waals surface area contributed by atoms with Gasteiger partial charge in [-0.1, -0.05) is 19.8 Å². The molecule has 1 heterocycles. The summed E-state index contributed by atoms with van der Waals surface area (Å²) in [6.07, 6.45) is 0.502. The first-order valence-electron chi connectivity index (χ1n) is 9.84. The quantitative estimate of drug-likeness (QED) is 0.720. The zero-order valence-corrected chi connectivity index (χ0v) is 16.4. The van der Waals surface area contributed by atoms with Crippen molar-refractivity contribution in [3.05, 3.63) is 29.3 Å². The number of alkyl halides is 3. The van der Waals surface area contributed by atoms with Gasteiger partial charge in [-0.05, 0) is 55.7 Å². The molecule has 0 N–H and O–H groups in total. The van der Waals surface area contributed by atoms with E-state index in [1.54, 1.807) is 6.07 Å². The molecule has 1 aliphatic heterocycles. The Kier molecular flexibility index (Phi) is 4.65. The van der Waals surface area contributed by atoms with Crippen molar-refractivity contribution >= 4 is 15.7 Å². The Hall–Kier alpha value is -1.75. The van der Waals surface area contributed by atoms with Crippen LogP contribution in [0, 0.1) is 29.1 Å². The van der Waals surface area contributed by atoms with Crippen molar-refractivity contribution in [2.75, 3.05) is 4.31 Å². The van der Waals surface area contributed by atoms with E-state index in [0.29, 0.717) is 12.3 Å². The maximum Gasteiger partial charge on any atom is 0.417 e. The Balaban J connectivity index is 1.82. The molecule has 1 aromatic rings. The fourth-order valence-corrected chi connectivity index (χ4v) is 8.62. The Morgan fingerprint density at radius 3 is 2.61 bits per heavy atom. The van der Waals surface area contributed by atoms with Gasteiger partial charge in [0.1, 0.15) is 0 Å². The summed E-state index contributed by atoms with van der Waals surface area (Å²) in [6.45, 7) is 2.02. The summed E-state index contributed by atoms with van der Waals surface area (Å²) in [5.74, 6) is 0.465. The number of hydrogen-bond acceptors (Lipinski definition) is 3. The first-order chi connectivity index (χ1) is 13.2. The van der Waals surface area contributed by atoms with Crippen LogP contribution in [0.4, 0.5) is 18.9 Å². The summed E-state index contributed by atoms with van der Waals surface area (Å²) in [5.41, 5.74) is -1.52. The summed E-state index contributed by atoms with van der Waals surface area (Å²) in [4.78, 5) is 0. The standard InChI is InChI=1S/C20H23F3N2O2S/c1-2-3-4-17-18-12-5-6-13(9-12)19(18)28(26,27)25(17)15-8-7-14(11-24)16(10-15)20(21,22)23/h7-8,10,12-13,17-19H,2-6,9H2,1H3/t12-,13+,17+,18+,19+/m0/s1. The summed E-state index contributed by atoms with van der Waals surface area (Å²) < 4.78 is 68.5. The second-order valence-electron chi connectivity index (χ2n) is 8.26. The molecule has 152 valence electrons. The van der Waals surface area contributed by atoms with E-state index < -0.39 is 32.6 Å². The van der Waals surface area contributed by atoms with Gasteiger partial charge in [0.25, 0.3) is 0 Å². The third-order valence-electron chi connectivity index (χ3n) is 6.80. The highest BCUT2D eigenvalue weighted by Gasteiger charge is 2.63. The van der Waals surface area contributed by atoms with Crippen LogP contribution in [0.25, 0.3) is 0 Å². The van der Waals surface area contributed by atoms with Gasteiger partial charge in [0.15, 0.2) is 0 Å². The highest BCUT2D eigenvalue weighted by molar-refractivity contribution is 7.93. The van der Waals surface area contributed by atoms with Crippen molar-refractivity contribution in [3.8, 4) is 6.07 Å². The van der Waals surface area contributed by atoms with Crippen LogP contribution >= 0.6 is 0 Å². The third kappa shape index (κ3) is 2.81. The Bertz CT molecular complexity index is 922. The molecule has 2 saturated carbocycles. The van der Waals surface area contributed by atoms with Gasteiger partial charge >= 0.3 is 6.18 Å². The van der Waals surface area contributed by atoms with Gasteiger partial charge in [0.05, 0.1) is 28.1 Å². The van der Waals surface area contributed by atoms with E-state index in [0.717, 1.165) is 44.2 Å². The summed E-state index contributed by atoms with van der Waals surface area (Å²) in [5, 5.41) is 8.56. The lowest BCUT2D eigenvalue weighted by Crippen LogP contribution is -2.37. The van der Waals surface area contributed by atoms with Crippen molar-refractivity contribution in [2.24, 2.45) is 17.8 Å². The van der Waals surface area contributed by atoms with Crippen molar-refractivity contribution in [3.63, 3.8) is 0 Å². The second-order valence-corrected chi connectivity index (χ2v) is 10.2. The molecule has 28 heavy (non-hydrogen) atoms. The zero-order valence-electron chi connectivity index (χ0n) is 15.6. The average molecular weight is 412 g/mol. The Morgan fingerprint density at radius 1 is 1.25 bits per heavy atom. The number of nitrogens with zero attached hydrogens (tertiary/aromatic N) is 2. The van der Waals surface area contributed by atoms with Gasteiger partial charge in [0, 0.05) is 12.0 Å². The van der Waals surface area contributed by atoms with Gasteiger partial charge in [-0.2, -0.15) is 18.4 Å². The first-order valence-corrected chi connectivity index (χ1v) is 11.3. The molecule has 5 atom stereocenters. The molecule has 0 unspecified atom stereocenters. The molecule has 3 aliphatic rings. The molecule has 0 radical (unpaired) electrons. The lowest BCUT2D eigenvalue weighted by molar-refractivity contribution is -0.137. The summed E-state index contributed by atoms with van der Waals surface area (Å²) in [7, 11) is -3.73. The van der Waals surface area contributed by atoms with Gasteiger partial charge < -0.3 is 0 Å². The van der Waals surface area contributed by atoms with Crippen LogP contribution in [-0.2, 0) is 16.2 Å². The van der Waals surface area contributed by atoms with E-state index in [9.17, 15) is 21.6 Å². The number of halogens is 3. The maximum absolute atomic E-state index is 13.4. The highest BCUT2D eigenvalue weighted by atomic mass is 32.2. The topological polar surface area (TPSA) is 61.2 Å². The van der Waals surface area contributed by atoms with Crippen molar-refractivity contribution in [1.29, 1.82) is 5.26 Å². The van der Waals surface area contributed by atoms with Gasteiger partial charge in [0.2, 0.25) is 10.0 Å². The first kappa shape index (κ1) is 19.6. The fourth-order valence-electron chi connectivity index (χ4n) is 5.80. The number of nitriles is 1. The molecule has 2 aliphatic carbocycles. The summed E-state index contributed by atoms with van der Waals surface area (Å²) >= 11 is 0. The molecule has 4 rings (SSSR count). The smallest absolute Gasteiger partial charge is 0.267 e. The number of sulfonamides is 1. The minimum absolute atomic E-state index is 0.000259. The lowest BCUT2D eigenvalue weighted by atomic mass is 9.81. The van der Waals surface area contributed by atoms with Crippen LogP contribution in [0.2, 0.25) is 0 Å². The molecule has 0 spiro atoms. The van der Waals surface area contributed by atoms with E-state index in [2.05, 4.69) is 0 Å². The van der Waals surface area contributed by atoms with E-state index in [1.165, 1.54) is 10.4 Å². The number of benzene rings is 1. The van der Waals surface area contributed by atoms with E-state index in [1.807, 2.05) is 6.92 Å². The van der Waals surface area contributed by atoms with Crippen LogP contribution in [0.15, 0.2) is 18.2 Å². The Labute approximate surface area is 163 Å². The molecular weight excluding hydrogens is 389 g/mol. The fraction of sp³-hybridized carbons (Fsp3) is 0.650. The minimum Gasteiger partial charge on any atom is -0.267 e. The SMILES string of the molecule is CCCC[C@@H]1[C@H]2[C@H]3CC[C@H](C3)[C@H]2S(=O)(=O)N1c1ccc(C#N)c(C(F)(F)F)c1. The second kappa shape index (κ2) is 6.65.